The van der Waals surface area contributed by atoms with Crippen LogP contribution in [0.1, 0.15) is 51.7 Å². The summed E-state index contributed by atoms with van der Waals surface area (Å²) in [6.07, 6.45) is 0.739. The van der Waals surface area contributed by atoms with E-state index in [-0.39, 0.29) is 6.04 Å². The van der Waals surface area contributed by atoms with Crippen LogP contribution in [-0.4, -0.2) is 55.2 Å². The molecular formula is C22H30N2O4. The zero-order chi connectivity index (χ0) is 21.4. The first kappa shape index (κ1) is 23.2. The summed E-state index contributed by atoms with van der Waals surface area (Å²) in [7, 11) is 7.75. The molecule has 1 atom stereocenters. The van der Waals surface area contributed by atoms with Crippen molar-refractivity contribution >= 4 is 17.6 Å². The molecule has 1 unspecified atom stereocenters. The summed E-state index contributed by atoms with van der Waals surface area (Å²) < 4.78 is 0. The predicted molar refractivity (Wildman–Crippen MR) is 113 cm³/mol. The lowest BCUT2D eigenvalue weighted by Gasteiger charge is -2.21. The Bertz CT molecular complexity index is 816. The Balaban J connectivity index is 0.000000280. The van der Waals surface area contributed by atoms with Crippen molar-refractivity contribution in [3.8, 4) is 0 Å². The van der Waals surface area contributed by atoms with Crippen molar-refractivity contribution in [2.24, 2.45) is 0 Å². The molecule has 0 aromatic heterocycles. The van der Waals surface area contributed by atoms with Gasteiger partial charge in [0.15, 0.2) is 0 Å². The maximum Gasteiger partial charge on any atom is 0.336 e. The molecule has 0 radical (unpaired) electrons. The molecular weight excluding hydrogens is 356 g/mol. The molecule has 6 nitrogen and oxygen atoms in total. The third-order valence-corrected chi connectivity index (χ3v) is 4.63. The van der Waals surface area contributed by atoms with Crippen molar-refractivity contribution in [2.75, 3.05) is 33.1 Å². The summed E-state index contributed by atoms with van der Waals surface area (Å²) in [6, 6.07) is 12.6. The second-order valence-corrected chi connectivity index (χ2v) is 6.93. The summed E-state index contributed by atoms with van der Waals surface area (Å²) in [4.78, 5) is 25.7. The van der Waals surface area contributed by atoms with Crippen LogP contribution >= 0.6 is 0 Å². The van der Waals surface area contributed by atoms with Gasteiger partial charge >= 0.3 is 11.9 Å². The van der Waals surface area contributed by atoms with Gasteiger partial charge in [0.25, 0.3) is 0 Å². The summed E-state index contributed by atoms with van der Waals surface area (Å²) in [6.45, 7) is 3.95. The second-order valence-electron chi connectivity index (χ2n) is 6.93. The lowest BCUT2D eigenvalue weighted by Crippen LogP contribution is -2.19. The van der Waals surface area contributed by atoms with Gasteiger partial charge in [0.1, 0.15) is 0 Å². The minimum Gasteiger partial charge on any atom is -0.478 e. The Kier molecular flexibility index (Phi) is 8.67. The standard InChI is InChI=1S/2C11H15NO2/c1-8(12(2)3)9-6-4-5-7-10(9)11(13)14;1-4-8-7-9(12(2)3)5-6-10(8)11(13)14/h4-8H,1-3H3,(H,13,14);5-7H,4H2,1-3H3,(H,13,14). The number of carbonyl (C=O) groups is 2. The highest BCUT2D eigenvalue weighted by Crippen LogP contribution is 2.21. The van der Waals surface area contributed by atoms with Crippen molar-refractivity contribution in [3.05, 3.63) is 64.7 Å². The Hall–Kier alpha value is -2.86. The maximum absolute atomic E-state index is 10.9. The highest BCUT2D eigenvalue weighted by molar-refractivity contribution is 5.90. The van der Waals surface area contributed by atoms with Crippen LogP contribution in [0.3, 0.4) is 0 Å². The van der Waals surface area contributed by atoms with Crippen LogP contribution in [0.2, 0.25) is 0 Å². The molecule has 0 aliphatic carbocycles. The number of hydrogen-bond donors (Lipinski definition) is 2. The summed E-state index contributed by atoms with van der Waals surface area (Å²) in [5.74, 6) is -1.72. The molecule has 0 heterocycles. The van der Waals surface area contributed by atoms with E-state index in [1.165, 1.54) is 0 Å². The smallest absolute Gasteiger partial charge is 0.336 e. The molecule has 0 fully saturated rings. The Morgan fingerprint density at radius 3 is 1.96 bits per heavy atom. The van der Waals surface area contributed by atoms with Crippen LogP contribution in [0.5, 0.6) is 0 Å². The Morgan fingerprint density at radius 2 is 1.50 bits per heavy atom. The molecule has 0 saturated heterocycles. The van der Waals surface area contributed by atoms with Crippen molar-refractivity contribution < 1.29 is 19.8 Å². The van der Waals surface area contributed by atoms with Gasteiger partial charge in [-0.2, -0.15) is 0 Å². The number of anilines is 1. The van der Waals surface area contributed by atoms with E-state index in [9.17, 15) is 9.59 Å². The van der Waals surface area contributed by atoms with E-state index in [2.05, 4.69) is 0 Å². The highest BCUT2D eigenvalue weighted by Gasteiger charge is 2.15. The van der Waals surface area contributed by atoms with E-state index < -0.39 is 11.9 Å². The molecule has 2 aromatic carbocycles. The van der Waals surface area contributed by atoms with E-state index in [1.54, 1.807) is 18.2 Å². The van der Waals surface area contributed by atoms with Gasteiger partial charge in [-0.15, -0.1) is 0 Å². The summed E-state index contributed by atoms with van der Waals surface area (Å²) in [5.41, 5.74) is 3.55. The van der Waals surface area contributed by atoms with Crippen LogP contribution in [0.4, 0.5) is 5.69 Å². The van der Waals surface area contributed by atoms with Gasteiger partial charge < -0.3 is 20.0 Å². The van der Waals surface area contributed by atoms with Gasteiger partial charge in [0, 0.05) is 25.8 Å². The number of aryl methyl sites for hydroxylation is 1. The van der Waals surface area contributed by atoms with Gasteiger partial charge in [-0.3, -0.25) is 0 Å². The van der Waals surface area contributed by atoms with Gasteiger partial charge in [0.2, 0.25) is 0 Å². The van der Waals surface area contributed by atoms with Crippen molar-refractivity contribution in [2.45, 2.75) is 26.3 Å². The van der Waals surface area contributed by atoms with Gasteiger partial charge in [-0.25, -0.2) is 9.59 Å². The first-order chi connectivity index (χ1) is 13.1. The number of aromatic carboxylic acids is 2. The van der Waals surface area contributed by atoms with Crippen LogP contribution < -0.4 is 4.90 Å². The fourth-order valence-electron chi connectivity index (χ4n) is 2.69. The largest absolute Gasteiger partial charge is 0.478 e. The van der Waals surface area contributed by atoms with Crippen LogP contribution in [0.15, 0.2) is 42.5 Å². The van der Waals surface area contributed by atoms with Crippen molar-refractivity contribution in [1.82, 2.24) is 4.90 Å². The fraction of sp³-hybridized carbons (Fsp3) is 0.364. The van der Waals surface area contributed by atoms with E-state index >= 15 is 0 Å². The average molecular weight is 386 g/mol. The number of rotatable bonds is 6. The molecule has 0 aliphatic heterocycles. The van der Waals surface area contributed by atoms with Crippen LogP contribution in [-0.2, 0) is 6.42 Å². The van der Waals surface area contributed by atoms with Gasteiger partial charge in [-0.05, 0) is 62.8 Å². The lowest BCUT2D eigenvalue weighted by molar-refractivity contribution is 0.0684. The molecule has 0 saturated carbocycles. The Labute approximate surface area is 167 Å². The van der Waals surface area contributed by atoms with E-state index in [0.29, 0.717) is 11.1 Å². The minimum absolute atomic E-state index is 0.113. The quantitative estimate of drug-likeness (QED) is 0.780. The number of carboxylic acids is 2. The second kappa shape index (κ2) is 10.5. The first-order valence-electron chi connectivity index (χ1n) is 9.12. The molecule has 0 amide bonds. The zero-order valence-electron chi connectivity index (χ0n) is 17.4. The molecule has 2 N–H and O–H groups in total. The van der Waals surface area contributed by atoms with E-state index in [0.717, 1.165) is 23.2 Å². The fourth-order valence-corrected chi connectivity index (χ4v) is 2.69. The maximum atomic E-state index is 10.9. The minimum atomic E-state index is -0.866. The van der Waals surface area contributed by atoms with E-state index in [4.69, 9.17) is 10.2 Å². The molecule has 0 aliphatic rings. The zero-order valence-corrected chi connectivity index (χ0v) is 17.4. The first-order valence-corrected chi connectivity index (χ1v) is 9.12. The number of nitrogens with zero attached hydrogens (tertiary/aromatic N) is 2. The number of carboxylic acid groups (broad SMARTS) is 2. The van der Waals surface area contributed by atoms with E-state index in [1.807, 2.05) is 76.1 Å². The molecule has 0 spiro atoms. The predicted octanol–water partition coefficient (Wildman–Crippen LogP) is 4.02. The SMILES string of the molecule is CC(c1ccccc1C(=O)O)N(C)C.CCc1cc(N(C)C)ccc1C(=O)O. The third kappa shape index (κ3) is 6.09. The summed E-state index contributed by atoms with van der Waals surface area (Å²) in [5, 5.41) is 17.9. The van der Waals surface area contributed by atoms with Crippen LogP contribution in [0.25, 0.3) is 0 Å². The van der Waals surface area contributed by atoms with Crippen molar-refractivity contribution in [1.29, 1.82) is 0 Å². The van der Waals surface area contributed by atoms with Gasteiger partial charge in [-0.1, -0.05) is 25.1 Å². The summed E-state index contributed by atoms with van der Waals surface area (Å²) >= 11 is 0. The Morgan fingerprint density at radius 1 is 0.929 bits per heavy atom. The average Bonchev–Trinajstić information content (AvgIpc) is 2.66. The number of benzene rings is 2. The van der Waals surface area contributed by atoms with Crippen LogP contribution in [0, 0.1) is 0 Å². The monoisotopic (exact) mass is 386 g/mol. The van der Waals surface area contributed by atoms with Gasteiger partial charge in [0.05, 0.1) is 11.1 Å². The molecule has 2 rings (SSSR count). The molecule has 2 aromatic rings. The third-order valence-electron chi connectivity index (χ3n) is 4.63. The lowest BCUT2D eigenvalue weighted by atomic mass is 10.0. The normalized spacial score (nSPS) is 11.4. The molecule has 0 bridgehead atoms. The molecule has 6 heteroatoms. The highest BCUT2D eigenvalue weighted by atomic mass is 16.4. The number of hydrogen-bond acceptors (Lipinski definition) is 4. The topological polar surface area (TPSA) is 81.1 Å². The molecule has 152 valence electrons. The van der Waals surface area contributed by atoms with Crippen molar-refractivity contribution in [3.63, 3.8) is 0 Å². The molecule has 28 heavy (non-hydrogen) atoms.